The normalized spacial score (nSPS) is 11.9. The maximum absolute atomic E-state index is 10.8. The van der Waals surface area contributed by atoms with Crippen molar-refractivity contribution in [2.75, 3.05) is 13.7 Å². The molecule has 0 spiro atoms. The number of nitrogens with zero attached hydrogens (tertiary/aromatic N) is 1. The van der Waals surface area contributed by atoms with E-state index in [9.17, 15) is 14.9 Å². The molecule has 0 bridgehead atoms. The maximum atomic E-state index is 10.8. The highest BCUT2D eigenvalue weighted by atomic mass is 79.9. The first kappa shape index (κ1) is 15.4. The first-order chi connectivity index (χ1) is 8.95. The topological polar surface area (TPSA) is 102 Å². The number of nitrogens with one attached hydrogen (secondary N) is 1. The minimum atomic E-state index is -0.968. The van der Waals surface area contributed by atoms with Gasteiger partial charge in [0.25, 0.3) is 5.69 Å². The third-order valence-electron chi connectivity index (χ3n) is 2.44. The number of carboxylic acid groups (broad SMARTS) is 1. The fourth-order valence-electron chi connectivity index (χ4n) is 1.39. The molecule has 8 heteroatoms. The van der Waals surface area contributed by atoms with Crippen LogP contribution in [0.3, 0.4) is 0 Å². The van der Waals surface area contributed by atoms with E-state index in [-0.39, 0.29) is 18.7 Å². The van der Waals surface area contributed by atoms with E-state index < -0.39 is 16.9 Å². The van der Waals surface area contributed by atoms with Crippen LogP contribution in [0.25, 0.3) is 0 Å². The van der Waals surface area contributed by atoms with Crippen molar-refractivity contribution in [2.45, 2.75) is 12.5 Å². The second kappa shape index (κ2) is 7.05. The Bertz CT molecular complexity index is 480. The Labute approximate surface area is 117 Å². The van der Waals surface area contributed by atoms with Crippen LogP contribution in [0.2, 0.25) is 0 Å². The van der Waals surface area contributed by atoms with Crippen molar-refractivity contribution in [2.24, 2.45) is 0 Å². The Morgan fingerprint density at radius 1 is 1.63 bits per heavy atom. The highest BCUT2D eigenvalue weighted by Crippen LogP contribution is 2.29. The van der Waals surface area contributed by atoms with Crippen molar-refractivity contribution in [1.29, 1.82) is 0 Å². The summed E-state index contributed by atoms with van der Waals surface area (Å²) in [4.78, 5) is 20.9. The van der Waals surface area contributed by atoms with Gasteiger partial charge >= 0.3 is 5.97 Å². The largest absolute Gasteiger partial charge is 0.492 e. The van der Waals surface area contributed by atoms with Gasteiger partial charge in [-0.2, -0.15) is 0 Å². The summed E-state index contributed by atoms with van der Waals surface area (Å²) < 4.78 is 5.93. The van der Waals surface area contributed by atoms with Crippen molar-refractivity contribution in [3.05, 3.63) is 32.8 Å². The van der Waals surface area contributed by atoms with Gasteiger partial charge in [-0.1, -0.05) is 0 Å². The summed E-state index contributed by atoms with van der Waals surface area (Å²) in [5.41, 5.74) is -0.0819. The third-order valence-corrected chi connectivity index (χ3v) is 3.09. The number of rotatable bonds is 7. The molecule has 1 atom stereocenters. The van der Waals surface area contributed by atoms with Crippen LogP contribution in [0.4, 0.5) is 5.69 Å². The maximum Gasteiger partial charge on any atom is 0.320 e. The highest BCUT2D eigenvalue weighted by molar-refractivity contribution is 9.10. The fraction of sp³-hybridized carbons (Fsp3) is 0.364. The predicted octanol–water partition coefficient (Wildman–Crippen LogP) is 1.80. The van der Waals surface area contributed by atoms with Crippen LogP contribution in [-0.2, 0) is 4.79 Å². The molecule has 19 heavy (non-hydrogen) atoms. The van der Waals surface area contributed by atoms with Crippen LogP contribution < -0.4 is 10.1 Å². The lowest BCUT2D eigenvalue weighted by Crippen LogP contribution is -2.35. The summed E-state index contributed by atoms with van der Waals surface area (Å²) in [6.45, 7) is 0.136. The molecule has 2 N–H and O–H groups in total. The number of hydrogen-bond donors (Lipinski definition) is 2. The zero-order valence-electron chi connectivity index (χ0n) is 10.1. The van der Waals surface area contributed by atoms with Gasteiger partial charge in [0.2, 0.25) is 0 Å². The number of ether oxygens (including phenoxy) is 1. The smallest absolute Gasteiger partial charge is 0.320 e. The summed E-state index contributed by atoms with van der Waals surface area (Å²) >= 11 is 3.21. The molecule has 1 aromatic carbocycles. The van der Waals surface area contributed by atoms with Crippen molar-refractivity contribution in [3.8, 4) is 5.75 Å². The summed E-state index contributed by atoms with van der Waals surface area (Å²) in [5, 5.41) is 22.1. The molecule has 0 amide bonds. The van der Waals surface area contributed by atoms with Crippen LogP contribution in [0.15, 0.2) is 22.7 Å². The lowest BCUT2D eigenvalue weighted by molar-refractivity contribution is -0.385. The Hall–Kier alpha value is -1.67. The Morgan fingerprint density at radius 3 is 2.84 bits per heavy atom. The minimum absolute atomic E-state index is 0.0819. The van der Waals surface area contributed by atoms with Gasteiger partial charge in [-0.25, -0.2) is 0 Å². The number of carboxylic acids is 1. The zero-order chi connectivity index (χ0) is 14.4. The first-order valence-electron chi connectivity index (χ1n) is 5.42. The summed E-state index contributed by atoms with van der Waals surface area (Å²) in [6.07, 6.45) is 0.251. The molecule has 0 fully saturated rings. The van der Waals surface area contributed by atoms with Crippen molar-refractivity contribution in [1.82, 2.24) is 5.32 Å². The summed E-state index contributed by atoms with van der Waals surface area (Å²) in [7, 11) is 1.54. The molecule has 0 saturated carbocycles. The average Bonchev–Trinajstić information content (AvgIpc) is 2.35. The van der Waals surface area contributed by atoms with E-state index in [1.165, 1.54) is 18.2 Å². The van der Waals surface area contributed by atoms with Gasteiger partial charge in [-0.05, 0) is 29.0 Å². The lowest BCUT2D eigenvalue weighted by Gasteiger charge is -2.12. The van der Waals surface area contributed by atoms with E-state index in [1.54, 1.807) is 7.05 Å². The molecule has 1 rings (SSSR count). The molecule has 0 aliphatic heterocycles. The first-order valence-corrected chi connectivity index (χ1v) is 6.21. The average molecular weight is 333 g/mol. The molecule has 104 valence electrons. The van der Waals surface area contributed by atoms with Gasteiger partial charge in [0.1, 0.15) is 11.8 Å². The predicted molar refractivity (Wildman–Crippen MR) is 71.4 cm³/mol. The molecule has 7 nitrogen and oxygen atoms in total. The van der Waals surface area contributed by atoms with Gasteiger partial charge in [0.15, 0.2) is 0 Å². The fourth-order valence-corrected chi connectivity index (χ4v) is 1.76. The van der Waals surface area contributed by atoms with Crippen LogP contribution in [0.1, 0.15) is 6.42 Å². The second-order valence-electron chi connectivity index (χ2n) is 3.69. The molecule has 1 aromatic rings. The molecule has 0 heterocycles. The number of carbonyl (C=O) groups is 1. The van der Waals surface area contributed by atoms with Crippen LogP contribution in [-0.4, -0.2) is 35.7 Å². The van der Waals surface area contributed by atoms with Gasteiger partial charge in [-0.15, -0.1) is 0 Å². The van der Waals surface area contributed by atoms with Gasteiger partial charge < -0.3 is 15.2 Å². The van der Waals surface area contributed by atoms with Gasteiger partial charge in [0.05, 0.1) is 22.1 Å². The Morgan fingerprint density at radius 2 is 2.32 bits per heavy atom. The second-order valence-corrected chi connectivity index (χ2v) is 4.54. The molecule has 0 saturated heterocycles. The number of benzene rings is 1. The van der Waals surface area contributed by atoms with Crippen molar-refractivity contribution in [3.63, 3.8) is 0 Å². The van der Waals surface area contributed by atoms with Crippen molar-refractivity contribution < 1.29 is 19.6 Å². The number of likely N-dealkylation sites (N-methyl/N-ethyl adjacent to an activating group) is 1. The van der Waals surface area contributed by atoms with Gasteiger partial charge in [0, 0.05) is 12.5 Å². The number of nitro groups is 1. The van der Waals surface area contributed by atoms with E-state index in [0.29, 0.717) is 10.2 Å². The van der Waals surface area contributed by atoms with E-state index in [0.717, 1.165) is 0 Å². The summed E-state index contributed by atoms with van der Waals surface area (Å²) in [6, 6.07) is 3.45. The molecule has 1 unspecified atom stereocenters. The standard InChI is InChI=1S/C11H13BrN2O5/c1-13-9(11(15)16)4-5-19-10-6-7(14(17)18)2-3-8(10)12/h2-3,6,9,13H,4-5H2,1H3,(H,15,16). The van der Waals surface area contributed by atoms with Crippen LogP contribution >= 0.6 is 15.9 Å². The number of aliphatic carboxylic acids is 1. The van der Waals surface area contributed by atoms with Crippen LogP contribution in [0.5, 0.6) is 5.75 Å². The van der Waals surface area contributed by atoms with Gasteiger partial charge in [-0.3, -0.25) is 14.9 Å². The molecule has 0 aromatic heterocycles. The van der Waals surface area contributed by atoms with E-state index in [2.05, 4.69) is 21.2 Å². The SMILES string of the molecule is CNC(CCOc1cc([N+](=O)[O-])ccc1Br)C(=O)O. The molecule has 0 aliphatic carbocycles. The number of halogens is 1. The third kappa shape index (κ3) is 4.49. The Balaban J connectivity index is 2.64. The Kier molecular flexibility index (Phi) is 5.71. The quantitative estimate of drug-likeness (QED) is 0.583. The van der Waals surface area contributed by atoms with E-state index in [4.69, 9.17) is 9.84 Å². The minimum Gasteiger partial charge on any atom is -0.492 e. The molecule has 0 radical (unpaired) electrons. The number of hydrogen-bond acceptors (Lipinski definition) is 5. The monoisotopic (exact) mass is 332 g/mol. The van der Waals surface area contributed by atoms with E-state index >= 15 is 0 Å². The summed E-state index contributed by atoms with van der Waals surface area (Å²) in [5.74, 6) is -0.654. The lowest BCUT2D eigenvalue weighted by atomic mass is 10.2. The van der Waals surface area contributed by atoms with E-state index in [1.807, 2.05) is 0 Å². The zero-order valence-corrected chi connectivity index (χ0v) is 11.7. The molecular formula is C11H13BrN2O5. The van der Waals surface area contributed by atoms with Crippen LogP contribution in [0, 0.1) is 10.1 Å². The molecular weight excluding hydrogens is 320 g/mol. The number of nitro benzene ring substituents is 1. The highest BCUT2D eigenvalue weighted by Gasteiger charge is 2.15. The molecule has 0 aliphatic rings. The number of non-ortho nitro benzene ring substituents is 1. The van der Waals surface area contributed by atoms with Crippen molar-refractivity contribution >= 4 is 27.6 Å².